The summed E-state index contributed by atoms with van der Waals surface area (Å²) in [4.78, 5) is 14.1. The van der Waals surface area contributed by atoms with Gasteiger partial charge >= 0.3 is 5.97 Å². The average Bonchev–Trinajstić information content (AvgIpc) is 2.64. The van der Waals surface area contributed by atoms with Crippen LogP contribution < -0.4 is 14.2 Å². The molecule has 0 bridgehead atoms. The van der Waals surface area contributed by atoms with Crippen molar-refractivity contribution in [3.05, 3.63) is 47.5 Å². The second-order valence-corrected chi connectivity index (χ2v) is 6.87. The van der Waals surface area contributed by atoms with Gasteiger partial charge in [0.25, 0.3) is 0 Å². The lowest BCUT2D eigenvalue weighted by Gasteiger charge is -2.25. The van der Waals surface area contributed by atoms with Crippen molar-refractivity contribution in [2.45, 2.75) is 18.8 Å². The van der Waals surface area contributed by atoms with Gasteiger partial charge in [-0.1, -0.05) is 12.1 Å². The fraction of sp³-hybridized carbons (Fsp3) is 0.381. The molecule has 0 spiro atoms. The Labute approximate surface area is 159 Å². The van der Waals surface area contributed by atoms with E-state index in [9.17, 15) is 9.90 Å². The highest BCUT2D eigenvalue weighted by Gasteiger charge is 2.29. The molecule has 0 aliphatic carbocycles. The van der Waals surface area contributed by atoms with Crippen LogP contribution in [0.25, 0.3) is 0 Å². The summed E-state index contributed by atoms with van der Waals surface area (Å²) in [5.41, 5.74) is 1.81. The predicted molar refractivity (Wildman–Crippen MR) is 102 cm³/mol. The number of hydrogen-bond acceptors (Lipinski definition) is 6. The van der Waals surface area contributed by atoms with E-state index in [1.165, 1.54) is 6.07 Å². The molecular formula is C21H25NO5. The summed E-state index contributed by atoms with van der Waals surface area (Å²) in [5, 5.41) is 9.66. The van der Waals surface area contributed by atoms with Gasteiger partial charge in [0.15, 0.2) is 11.5 Å². The van der Waals surface area contributed by atoms with Gasteiger partial charge in [0.2, 0.25) is 0 Å². The van der Waals surface area contributed by atoms with Crippen molar-refractivity contribution in [1.29, 1.82) is 0 Å². The van der Waals surface area contributed by atoms with Crippen LogP contribution in [-0.4, -0.2) is 50.3 Å². The maximum absolute atomic E-state index is 12.0. The van der Waals surface area contributed by atoms with Crippen molar-refractivity contribution in [1.82, 2.24) is 4.90 Å². The van der Waals surface area contributed by atoms with E-state index in [2.05, 4.69) is 4.90 Å². The molecular weight excluding hydrogens is 346 g/mol. The first kappa shape index (κ1) is 19.0. The molecule has 1 unspecified atom stereocenters. The molecule has 0 saturated carbocycles. The summed E-state index contributed by atoms with van der Waals surface area (Å²) < 4.78 is 16.6. The van der Waals surface area contributed by atoms with Crippen molar-refractivity contribution in [2.24, 2.45) is 0 Å². The number of nitrogens with zero attached hydrogens (tertiary/aromatic N) is 1. The van der Waals surface area contributed by atoms with E-state index in [0.717, 1.165) is 24.1 Å². The Bertz CT molecular complexity index is 818. The molecule has 1 atom stereocenters. The highest BCUT2D eigenvalue weighted by molar-refractivity contribution is 5.78. The molecule has 0 radical (unpaired) electrons. The minimum absolute atomic E-state index is 0.0706. The number of carbonyl (C=O) groups excluding carboxylic acids is 1. The molecule has 0 amide bonds. The van der Waals surface area contributed by atoms with Gasteiger partial charge < -0.3 is 24.2 Å². The molecule has 1 heterocycles. The van der Waals surface area contributed by atoms with E-state index in [1.54, 1.807) is 19.2 Å². The predicted octanol–water partition coefficient (Wildman–Crippen LogP) is 3.17. The highest BCUT2D eigenvalue weighted by Crippen LogP contribution is 2.42. The second-order valence-electron chi connectivity index (χ2n) is 6.87. The Morgan fingerprint density at radius 3 is 2.74 bits per heavy atom. The fourth-order valence-corrected chi connectivity index (χ4v) is 3.22. The molecule has 0 saturated heterocycles. The van der Waals surface area contributed by atoms with Gasteiger partial charge in [0, 0.05) is 24.1 Å². The summed E-state index contributed by atoms with van der Waals surface area (Å²) in [6.45, 7) is 1.56. The maximum Gasteiger partial charge on any atom is 0.312 e. The number of carbonyl (C=O) groups is 1. The number of phenols is 1. The lowest BCUT2D eigenvalue weighted by molar-refractivity contribution is -0.135. The first-order valence-corrected chi connectivity index (χ1v) is 8.97. The molecule has 1 aliphatic heterocycles. The third kappa shape index (κ3) is 4.52. The molecule has 1 N–H and O–H groups in total. The van der Waals surface area contributed by atoms with Crippen LogP contribution in [0.4, 0.5) is 0 Å². The van der Waals surface area contributed by atoms with Crippen LogP contribution in [0.15, 0.2) is 36.4 Å². The third-order valence-electron chi connectivity index (χ3n) is 4.56. The standard InChI is InChI=1S/C21H25NO5/c1-22(2)9-4-10-26-18-8-5-14(11-20(18)25-3)17-13-21(24)27-19-12-15(23)6-7-16(17)19/h5-8,11-12,17,23H,4,9-10,13H2,1-3H3. The van der Waals surface area contributed by atoms with E-state index < -0.39 is 0 Å². The third-order valence-corrected chi connectivity index (χ3v) is 4.56. The molecule has 2 aromatic rings. The number of benzene rings is 2. The van der Waals surface area contributed by atoms with Crippen LogP contribution >= 0.6 is 0 Å². The van der Waals surface area contributed by atoms with Crippen LogP contribution in [0.3, 0.4) is 0 Å². The number of hydrogen-bond donors (Lipinski definition) is 1. The molecule has 2 aromatic carbocycles. The number of esters is 1. The van der Waals surface area contributed by atoms with Crippen molar-refractivity contribution >= 4 is 5.97 Å². The monoisotopic (exact) mass is 371 g/mol. The highest BCUT2D eigenvalue weighted by atomic mass is 16.5. The quantitative estimate of drug-likeness (QED) is 0.458. The van der Waals surface area contributed by atoms with Gasteiger partial charge in [0.1, 0.15) is 11.5 Å². The molecule has 6 heteroatoms. The zero-order valence-corrected chi connectivity index (χ0v) is 15.9. The van der Waals surface area contributed by atoms with E-state index in [1.807, 2.05) is 32.3 Å². The van der Waals surface area contributed by atoms with Crippen LogP contribution in [0.1, 0.15) is 29.9 Å². The summed E-state index contributed by atoms with van der Waals surface area (Å²) in [6, 6.07) is 10.6. The van der Waals surface area contributed by atoms with Gasteiger partial charge in [-0.15, -0.1) is 0 Å². The number of rotatable bonds is 7. The lowest BCUT2D eigenvalue weighted by atomic mass is 9.86. The SMILES string of the molecule is COc1cc(C2CC(=O)Oc3cc(O)ccc32)ccc1OCCCN(C)C. The zero-order valence-electron chi connectivity index (χ0n) is 15.9. The Kier molecular flexibility index (Phi) is 5.86. The first-order valence-electron chi connectivity index (χ1n) is 8.97. The Morgan fingerprint density at radius 1 is 1.19 bits per heavy atom. The van der Waals surface area contributed by atoms with E-state index in [-0.39, 0.29) is 24.1 Å². The zero-order chi connectivity index (χ0) is 19.4. The number of aromatic hydroxyl groups is 1. The van der Waals surface area contributed by atoms with Crippen molar-refractivity contribution in [2.75, 3.05) is 34.4 Å². The number of phenolic OH excluding ortho intramolecular Hbond substituents is 1. The molecule has 0 fully saturated rings. The second kappa shape index (κ2) is 8.31. The Hall–Kier alpha value is -2.73. The number of ether oxygens (including phenoxy) is 3. The van der Waals surface area contributed by atoms with Crippen molar-refractivity contribution in [3.63, 3.8) is 0 Å². The average molecular weight is 371 g/mol. The summed E-state index contributed by atoms with van der Waals surface area (Å²) >= 11 is 0. The molecule has 144 valence electrons. The van der Waals surface area contributed by atoms with Crippen LogP contribution in [0.2, 0.25) is 0 Å². The van der Waals surface area contributed by atoms with Gasteiger partial charge in [-0.3, -0.25) is 4.79 Å². The van der Waals surface area contributed by atoms with E-state index >= 15 is 0 Å². The molecule has 27 heavy (non-hydrogen) atoms. The summed E-state index contributed by atoms with van der Waals surface area (Å²) in [6.07, 6.45) is 1.16. The smallest absolute Gasteiger partial charge is 0.312 e. The topological polar surface area (TPSA) is 68.2 Å². The van der Waals surface area contributed by atoms with Crippen molar-refractivity contribution < 1.29 is 24.1 Å². The van der Waals surface area contributed by atoms with Crippen LogP contribution in [0, 0.1) is 0 Å². The van der Waals surface area contributed by atoms with E-state index in [0.29, 0.717) is 23.9 Å². The molecule has 3 rings (SSSR count). The molecule has 6 nitrogen and oxygen atoms in total. The van der Waals surface area contributed by atoms with Gasteiger partial charge in [-0.05, 0) is 44.3 Å². The first-order chi connectivity index (χ1) is 13.0. The molecule has 0 aromatic heterocycles. The van der Waals surface area contributed by atoms with Crippen molar-refractivity contribution in [3.8, 4) is 23.0 Å². The van der Waals surface area contributed by atoms with E-state index in [4.69, 9.17) is 14.2 Å². The maximum atomic E-state index is 12.0. The minimum atomic E-state index is -0.318. The van der Waals surface area contributed by atoms with Gasteiger partial charge in [0.05, 0.1) is 20.1 Å². The normalized spacial score (nSPS) is 16.0. The number of methoxy groups -OCH3 is 1. The lowest BCUT2D eigenvalue weighted by Crippen LogP contribution is -2.21. The summed E-state index contributed by atoms with van der Waals surface area (Å²) in [7, 11) is 5.66. The minimum Gasteiger partial charge on any atom is -0.508 e. The Morgan fingerprint density at radius 2 is 2.00 bits per heavy atom. The largest absolute Gasteiger partial charge is 0.508 e. The van der Waals surface area contributed by atoms with Crippen LogP contribution in [0.5, 0.6) is 23.0 Å². The fourth-order valence-electron chi connectivity index (χ4n) is 3.22. The Balaban J connectivity index is 1.82. The van der Waals surface area contributed by atoms with Gasteiger partial charge in [-0.25, -0.2) is 0 Å². The van der Waals surface area contributed by atoms with Crippen LogP contribution in [-0.2, 0) is 4.79 Å². The number of fused-ring (bicyclic) bond motifs is 1. The summed E-state index contributed by atoms with van der Waals surface area (Å²) in [5.74, 6) is 1.32. The molecule has 1 aliphatic rings. The van der Waals surface area contributed by atoms with Gasteiger partial charge in [-0.2, -0.15) is 0 Å².